The van der Waals surface area contributed by atoms with Crippen LogP contribution in [0.3, 0.4) is 0 Å². The molecule has 1 aromatic heterocycles. The zero-order chi connectivity index (χ0) is 10.2. The highest BCUT2D eigenvalue weighted by atomic mass is 19.1. The molecule has 1 heterocycles. The maximum absolute atomic E-state index is 12.8. The monoisotopic (exact) mass is 187 g/mol. The number of hydrogen-bond donors (Lipinski definition) is 1. The Hall–Kier alpha value is -1.59. The Kier molecular flexibility index (Phi) is 2.22. The van der Waals surface area contributed by atoms with E-state index in [1.54, 1.807) is 0 Å². The van der Waals surface area contributed by atoms with E-state index in [0.29, 0.717) is 10.3 Å². The Labute approximate surface area is 73.2 Å². The summed E-state index contributed by atoms with van der Waals surface area (Å²) in [6, 6.07) is 1.11. The van der Waals surface area contributed by atoms with Crippen LogP contribution in [0, 0.1) is 6.92 Å². The van der Waals surface area contributed by atoms with Crippen LogP contribution in [0.4, 0.5) is 4.39 Å². The summed E-state index contributed by atoms with van der Waals surface area (Å²) >= 11 is 0. The van der Waals surface area contributed by atoms with Crippen molar-refractivity contribution < 1.29 is 4.39 Å². The minimum Gasteiger partial charge on any atom is -0.335 e. The van der Waals surface area contributed by atoms with Crippen LogP contribution < -0.4 is 17.1 Å². The average molecular weight is 187 g/mol. The van der Waals surface area contributed by atoms with Crippen molar-refractivity contribution >= 4 is 0 Å². The smallest absolute Gasteiger partial charge is 0.335 e. The lowest BCUT2D eigenvalue weighted by Crippen LogP contribution is -2.44. The summed E-state index contributed by atoms with van der Waals surface area (Å²) < 4.78 is 13.9. The predicted octanol–water partition coefficient (Wildman–Crippen LogP) is -0.480. The van der Waals surface area contributed by atoms with Gasteiger partial charge in [-0.2, -0.15) is 0 Å². The van der Waals surface area contributed by atoms with Gasteiger partial charge in [0, 0.05) is 11.8 Å². The zero-order valence-electron chi connectivity index (χ0n) is 7.32. The van der Waals surface area contributed by atoms with Gasteiger partial charge in [0.2, 0.25) is 0 Å². The maximum atomic E-state index is 12.8. The third-order valence-corrected chi connectivity index (χ3v) is 1.72. The van der Waals surface area contributed by atoms with Crippen molar-refractivity contribution in [2.75, 3.05) is 5.84 Å². The van der Waals surface area contributed by atoms with Crippen molar-refractivity contribution in [2.45, 2.75) is 20.1 Å². The van der Waals surface area contributed by atoms with E-state index in [4.69, 9.17) is 5.84 Å². The van der Waals surface area contributed by atoms with Gasteiger partial charge in [0.05, 0.1) is 0 Å². The first-order valence-electron chi connectivity index (χ1n) is 3.69. The fraction of sp³-hybridized carbons (Fsp3) is 0.429. The summed E-state index contributed by atoms with van der Waals surface area (Å²) in [5, 5.41) is 0. The minimum atomic E-state index is -1.67. The Bertz CT molecular complexity index is 432. The summed E-state index contributed by atoms with van der Waals surface area (Å²) in [5.74, 6) is 5.27. The van der Waals surface area contributed by atoms with Crippen LogP contribution >= 0.6 is 0 Å². The highest BCUT2D eigenvalue weighted by Gasteiger charge is 2.11. The van der Waals surface area contributed by atoms with Crippen molar-refractivity contribution in [3.63, 3.8) is 0 Å². The van der Waals surface area contributed by atoms with Gasteiger partial charge in [-0.25, -0.2) is 18.4 Å². The Morgan fingerprint density at radius 3 is 2.54 bits per heavy atom. The van der Waals surface area contributed by atoms with Crippen LogP contribution in [0.1, 0.15) is 18.9 Å². The molecule has 0 spiro atoms. The molecular formula is C7H10FN3O2. The molecule has 1 atom stereocenters. The van der Waals surface area contributed by atoms with E-state index in [9.17, 15) is 14.0 Å². The third-order valence-electron chi connectivity index (χ3n) is 1.72. The number of nitrogen functional groups attached to an aromatic ring is 1. The lowest BCUT2D eigenvalue weighted by atomic mass is 10.4. The first-order chi connectivity index (χ1) is 5.95. The van der Waals surface area contributed by atoms with Crippen LogP contribution in [0.5, 0.6) is 0 Å². The Morgan fingerprint density at radius 2 is 2.08 bits per heavy atom. The maximum Gasteiger partial charge on any atom is 0.351 e. The van der Waals surface area contributed by atoms with Gasteiger partial charge in [0.25, 0.3) is 5.56 Å². The SMILES string of the molecule is Cc1cc(=O)n(C(C)F)c(=O)n1N. The molecule has 0 radical (unpaired) electrons. The van der Waals surface area contributed by atoms with Crippen LogP contribution in [0.15, 0.2) is 15.7 Å². The minimum absolute atomic E-state index is 0.298. The molecule has 0 aliphatic heterocycles. The molecule has 0 saturated heterocycles. The summed E-state index contributed by atoms with van der Waals surface area (Å²) in [6.07, 6.45) is -1.67. The number of alkyl halides is 1. The van der Waals surface area contributed by atoms with E-state index < -0.39 is 17.5 Å². The second-order valence-electron chi connectivity index (χ2n) is 2.72. The van der Waals surface area contributed by atoms with E-state index in [-0.39, 0.29) is 0 Å². The van der Waals surface area contributed by atoms with Gasteiger partial charge in [0.15, 0.2) is 6.30 Å². The van der Waals surface area contributed by atoms with Crippen molar-refractivity contribution in [1.29, 1.82) is 0 Å². The van der Waals surface area contributed by atoms with E-state index in [1.165, 1.54) is 6.92 Å². The molecule has 1 unspecified atom stereocenters. The average Bonchev–Trinajstić information content (AvgIpc) is 1.99. The van der Waals surface area contributed by atoms with Crippen LogP contribution in [-0.4, -0.2) is 9.24 Å². The van der Waals surface area contributed by atoms with Gasteiger partial charge in [-0.1, -0.05) is 0 Å². The standard InChI is InChI=1S/C7H10FN3O2/c1-4-3-6(12)10(5(2)8)7(13)11(4)9/h3,5H,9H2,1-2H3. The molecule has 72 valence electrons. The van der Waals surface area contributed by atoms with Crippen molar-refractivity contribution in [1.82, 2.24) is 9.24 Å². The molecule has 1 aromatic rings. The molecule has 0 fully saturated rings. The highest BCUT2D eigenvalue weighted by molar-refractivity contribution is 5.00. The molecule has 0 amide bonds. The molecule has 0 bridgehead atoms. The molecule has 0 aromatic carbocycles. The molecule has 13 heavy (non-hydrogen) atoms. The number of halogens is 1. The third kappa shape index (κ3) is 1.47. The summed E-state index contributed by atoms with van der Waals surface area (Å²) in [7, 11) is 0. The molecule has 6 heteroatoms. The lowest BCUT2D eigenvalue weighted by molar-refractivity contribution is 0.249. The number of aryl methyl sites for hydroxylation is 1. The summed E-state index contributed by atoms with van der Waals surface area (Å²) in [6.45, 7) is 2.59. The van der Waals surface area contributed by atoms with Crippen LogP contribution in [-0.2, 0) is 0 Å². The Morgan fingerprint density at radius 1 is 1.54 bits per heavy atom. The van der Waals surface area contributed by atoms with Gasteiger partial charge in [0.1, 0.15) is 0 Å². The first kappa shape index (κ1) is 9.50. The number of rotatable bonds is 1. The number of aromatic nitrogens is 2. The van der Waals surface area contributed by atoms with Crippen LogP contribution in [0.2, 0.25) is 0 Å². The molecule has 0 aliphatic rings. The molecule has 2 N–H and O–H groups in total. The quantitative estimate of drug-likeness (QED) is 0.603. The van der Waals surface area contributed by atoms with Crippen molar-refractivity contribution in [2.24, 2.45) is 0 Å². The largest absolute Gasteiger partial charge is 0.351 e. The van der Waals surface area contributed by atoms with Gasteiger partial charge in [-0.3, -0.25) is 4.79 Å². The van der Waals surface area contributed by atoms with Gasteiger partial charge >= 0.3 is 5.69 Å². The normalized spacial score (nSPS) is 12.8. The van der Waals surface area contributed by atoms with Gasteiger partial charge in [-0.15, -0.1) is 0 Å². The lowest BCUT2D eigenvalue weighted by Gasteiger charge is -2.08. The van der Waals surface area contributed by atoms with Gasteiger partial charge < -0.3 is 5.84 Å². The van der Waals surface area contributed by atoms with Gasteiger partial charge in [-0.05, 0) is 13.8 Å². The first-order valence-corrected chi connectivity index (χ1v) is 3.69. The topological polar surface area (TPSA) is 70.0 Å². The molecule has 5 nitrogen and oxygen atoms in total. The van der Waals surface area contributed by atoms with Crippen molar-refractivity contribution in [3.05, 3.63) is 32.6 Å². The number of hydrogen-bond acceptors (Lipinski definition) is 3. The number of nitrogens with two attached hydrogens (primary N) is 1. The molecular weight excluding hydrogens is 177 g/mol. The molecule has 0 saturated carbocycles. The van der Waals surface area contributed by atoms with E-state index >= 15 is 0 Å². The molecule has 1 rings (SSSR count). The van der Waals surface area contributed by atoms with Crippen molar-refractivity contribution in [3.8, 4) is 0 Å². The van der Waals surface area contributed by atoms with Crippen LogP contribution in [0.25, 0.3) is 0 Å². The number of nitrogens with zero attached hydrogens (tertiary/aromatic N) is 2. The molecule has 0 aliphatic carbocycles. The second-order valence-corrected chi connectivity index (χ2v) is 2.72. The fourth-order valence-corrected chi connectivity index (χ4v) is 1.01. The summed E-state index contributed by atoms with van der Waals surface area (Å²) in [5.41, 5.74) is -1.23. The highest BCUT2D eigenvalue weighted by Crippen LogP contribution is 1.98. The zero-order valence-corrected chi connectivity index (χ0v) is 7.32. The summed E-state index contributed by atoms with van der Waals surface area (Å²) in [4.78, 5) is 22.3. The predicted molar refractivity (Wildman–Crippen MR) is 45.7 cm³/mol. The van der Waals surface area contributed by atoms with E-state index in [0.717, 1.165) is 17.7 Å². The fourth-order valence-electron chi connectivity index (χ4n) is 1.01. The Balaban J connectivity index is 3.64. The van der Waals surface area contributed by atoms with E-state index in [1.807, 2.05) is 0 Å². The van der Waals surface area contributed by atoms with E-state index in [2.05, 4.69) is 0 Å². The second kappa shape index (κ2) is 3.04.